The number of hydrogen-bond acceptors (Lipinski definition) is 6. The number of carbonyl (C=O) groups excluding carboxylic acids is 1. The van der Waals surface area contributed by atoms with Crippen LogP contribution in [0.15, 0.2) is 34.3 Å². The predicted molar refractivity (Wildman–Crippen MR) is 111 cm³/mol. The van der Waals surface area contributed by atoms with Gasteiger partial charge in [0.1, 0.15) is 5.82 Å². The molecule has 1 N–H and O–H groups in total. The molecule has 8 nitrogen and oxygen atoms in total. The lowest BCUT2D eigenvalue weighted by Gasteiger charge is -2.21. The van der Waals surface area contributed by atoms with Crippen LogP contribution in [0.3, 0.4) is 0 Å². The van der Waals surface area contributed by atoms with Crippen LogP contribution in [0.4, 0.5) is 5.69 Å². The number of aromatic nitrogens is 3. The summed E-state index contributed by atoms with van der Waals surface area (Å²) in [5.74, 6) is 1.10. The first-order chi connectivity index (χ1) is 13.0. The van der Waals surface area contributed by atoms with Crippen molar-refractivity contribution in [2.75, 3.05) is 18.1 Å². The molecule has 2 aromatic rings. The lowest BCUT2D eigenvalue weighted by molar-refractivity contribution is -0.113. The summed E-state index contributed by atoms with van der Waals surface area (Å²) in [6, 6.07) is 6.02. The van der Waals surface area contributed by atoms with E-state index >= 15 is 0 Å². The first kappa shape index (κ1) is 22.4. The minimum atomic E-state index is -3.54. The summed E-state index contributed by atoms with van der Waals surface area (Å²) in [7, 11) is -0.117. The van der Waals surface area contributed by atoms with Crippen molar-refractivity contribution in [3.63, 3.8) is 0 Å². The second-order valence-corrected chi connectivity index (χ2v) is 9.97. The van der Waals surface area contributed by atoms with E-state index in [2.05, 4.69) is 15.5 Å². The molecule has 0 unspecified atom stereocenters. The normalized spacial score (nSPS) is 12.2. The highest BCUT2D eigenvalue weighted by Crippen LogP contribution is 2.21. The number of thioether (sulfide) groups is 1. The summed E-state index contributed by atoms with van der Waals surface area (Å²) in [6.45, 7) is 7.69. The standard InChI is InChI=1S/C18H27N5O3S2/c1-12(2)17-20-21-18(22(17)5)27-11-16(24)19-14-7-9-15(10-8-14)28(25,26)23(6)13(3)4/h7-10,12-13H,11H2,1-6H3,(H,19,24). The molecule has 0 aliphatic heterocycles. The molecule has 0 atom stereocenters. The number of nitrogens with zero attached hydrogens (tertiary/aromatic N) is 4. The Hall–Kier alpha value is -1.91. The molecule has 1 aromatic carbocycles. The number of amides is 1. The number of rotatable bonds is 8. The summed E-state index contributed by atoms with van der Waals surface area (Å²) in [4.78, 5) is 12.4. The van der Waals surface area contributed by atoms with Gasteiger partial charge in [0.25, 0.3) is 0 Å². The summed E-state index contributed by atoms with van der Waals surface area (Å²) >= 11 is 1.30. The fraction of sp³-hybridized carbons (Fsp3) is 0.500. The minimum absolute atomic E-state index is 0.141. The monoisotopic (exact) mass is 425 g/mol. The van der Waals surface area contributed by atoms with Crippen LogP contribution in [-0.2, 0) is 21.9 Å². The molecule has 0 aliphatic rings. The number of carbonyl (C=O) groups is 1. The molecule has 1 heterocycles. The van der Waals surface area contributed by atoms with Gasteiger partial charge in [-0.3, -0.25) is 4.79 Å². The molecule has 1 amide bonds. The van der Waals surface area contributed by atoms with Gasteiger partial charge in [-0.1, -0.05) is 25.6 Å². The quantitative estimate of drug-likeness (QED) is 0.653. The first-order valence-electron chi connectivity index (χ1n) is 8.94. The highest BCUT2D eigenvalue weighted by molar-refractivity contribution is 7.99. The Balaban J connectivity index is 1.98. The minimum Gasteiger partial charge on any atom is -0.325 e. The third-order valence-electron chi connectivity index (χ3n) is 4.26. The van der Waals surface area contributed by atoms with Crippen LogP contribution in [0.25, 0.3) is 0 Å². The lowest BCUT2D eigenvalue weighted by atomic mass is 10.2. The van der Waals surface area contributed by atoms with Gasteiger partial charge in [0.05, 0.1) is 10.6 Å². The maximum absolute atomic E-state index is 12.5. The Morgan fingerprint density at radius 2 is 1.79 bits per heavy atom. The van der Waals surface area contributed by atoms with Crippen LogP contribution in [0.2, 0.25) is 0 Å². The molecule has 0 fully saturated rings. The van der Waals surface area contributed by atoms with Crippen molar-refractivity contribution in [2.45, 2.75) is 49.7 Å². The van der Waals surface area contributed by atoms with E-state index in [1.54, 1.807) is 19.2 Å². The van der Waals surface area contributed by atoms with E-state index in [0.717, 1.165) is 5.82 Å². The van der Waals surface area contributed by atoms with Crippen LogP contribution in [0.5, 0.6) is 0 Å². The second-order valence-electron chi connectivity index (χ2n) is 7.03. The summed E-state index contributed by atoms with van der Waals surface area (Å²) in [5, 5.41) is 11.7. The molecular weight excluding hydrogens is 398 g/mol. The Bertz CT molecular complexity index is 921. The average molecular weight is 426 g/mol. The van der Waals surface area contributed by atoms with Crippen molar-refractivity contribution >= 4 is 33.4 Å². The number of hydrogen-bond donors (Lipinski definition) is 1. The molecule has 0 saturated carbocycles. The maximum Gasteiger partial charge on any atom is 0.243 e. The van der Waals surface area contributed by atoms with Gasteiger partial charge in [-0.25, -0.2) is 8.42 Å². The van der Waals surface area contributed by atoms with Crippen molar-refractivity contribution in [1.29, 1.82) is 0 Å². The molecule has 154 valence electrons. The molecule has 0 saturated heterocycles. The Labute approximate surface area is 170 Å². The molecule has 28 heavy (non-hydrogen) atoms. The van der Waals surface area contributed by atoms with E-state index in [4.69, 9.17) is 0 Å². The third-order valence-corrected chi connectivity index (χ3v) is 7.33. The fourth-order valence-corrected chi connectivity index (χ4v) is 4.52. The van der Waals surface area contributed by atoms with E-state index in [9.17, 15) is 13.2 Å². The summed E-state index contributed by atoms with van der Waals surface area (Å²) in [5.41, 5.74) is 0.539. The number of benzene rings is 1. The predicted octanol–water partition coefficient (Wildman–Crippen LogP) is 2.70. The van der Waals surface area contributed by atoms with E-state index in [1.807, 2.05) is 39.3 Å². The van der Waals surface area contributed by atoms with Crippen LogP contribution < -0.4 is 5.32 Å². The van der Waals surface area contributed by atoms with Gasteiger partial charge in [-0.05, 0) is 38.1 Å². The SMILES string of the molecule is CC(C)c1nnc(SCC(=O)Nc2ccc(S(=O)(=O)N(C)C(C)C)cc2)n1C. The molecule has 10 heteroatoms. The van der Waals surface area contributed by atoms with Gasteiger partial charge in [-0.15, -0.1) is 10.2 Å². The first-order valence-corrected chi connectivity index (χ1v) is 11.4. The van der Waals surface area contributed by atoms with Crippen molar-refractivity contribution in [3.05, 3.63) is 30.1 Å². The van der Waals surface area contributed by atoms with Gasteiger partial charge < -0.3 is 9.88 Å². The molecule has 0 aliphatic carbocycles. The molecule has 0 bridgehead atoms. The fourth-order valence-electron chi connectivity index (χ4n) is 2.44. The summed E-state index contributed by atoms with van der Waals surface area (Å²) < 4.78 is 28.1. The molecule has 1 aromatic heterocycles. The number of sulfonamides is 1. The van der Waals surface area contributed by atoms with Crippen LogP contribution in [0, 0.1) is 0 Å². The van der Waals surface area contributed by atoms with Crippen molar-refractivity contribution in [3.8, 4) is 0 Å². The third kappa shape index (κ3) is 5.12. The second kappa shape index (κ2) is 9.06. The van der Waals surface area contributed by atoms with E-state index in [0.29, 0.717) is 10.8 Å². The zero-order valence-corrected chi connectivity index (χ0v) is 18.6. The van der Waals surface area contributed by atoms with Crippen LogP contribution >= 0.6 is 11.8 Å². The Morgan fingerprint density at radius 3 is 2.29 bits per heavy atom. The van der Waals surface area contributed by atoms with E-state index in [1.165, 1.54) is 28.2 Å². The summed E-state index contributed by atoms with van der Waals surface area (Å²) in [6.07, 6.45) is 0. The van der Waals surface area contributed by atoms with Crippen molar-refractivity contribution < 1.29 is 13.2 Å². The van der Waals surface area contributed by atoms with Gasteiger partial charge in [0.15, 0.2) is 5.16 Å². The number of nitrogens with one attached hydrogen (secondary N) is 1. The van der Waals surface area contributed by atoms with E-state index in [-0.39, 0.29) is 28.5 Å². The Kier molecular flexibility index (Phi) is 7.24. The van der Waals surface area contributed by atoms with Crippen LogP contribution in [-0.4, -0.2) is 52.2 Å². The molecule has 0 radical (unpaired) electrons. The van der Waals surface area contributed by atoms with Gasteiger partial charge >= 0.3 is 0 Å². The molecular formula is C18H27N5O3S2. The zero-order chi connectivity index (χ0) is 21.1. The largest absolute Gasteiger partial charge is 0.325 e. The number of anilines is 1. The van der Waals surface area contributed by atoms with Crippen molar-refractivity contribution in [1.82, 2.24) is 19.1 Å². The highest BCUT2D eigenvalue weighted by atomic mass is 32.2. The zero-order valence-electron chi connectivity index (χ0n) is 17.0. The van der Waals surface area contributed by atoms with Crippen LogP contribution in [0.1, 0.15) is 39.4 Å². The maximum atomic E-state index is 12.5. The lowest BCUT2D eigenvalue weighted by Crippen LogP contribution is -2.33. The van der Waals surface area contributed by atoms with Gasteiger partial charge in [-0.2, -0.15) is 4.31 Å². The topological polar surface area (TPSA) is 97.2 Å². The highest BCUT2D eigenvalue weighted by Gasteiger charge is 2.23. The van der Waals surface area contributed by atoms with Gasteiger partial charge in [0, 0.05) is 31.7 Å². The average Bonchev–Trinajstić information content (AvgIpc) is 3.00. The van der Waals surface area contributed by atoms with Crippen molar-refractivity contribution in [2.24, 2.45) is 7.05 Å². The molecule has 2 rings (SSSR count). The smallest absolute Gasteiger partial charge is 0.243 e. The van der Waals surface area contributed by atoms with Gasteiger partial charge in [0.2, 0.25) is 15.9 Å². The Morgan fingerprint density at radius 1 is 1.18 bits per heavy atom. The molecule has 0 spiro atoms. The van der Waals surface area contributed by atoms with E-state index < -0.39 is 10.0 Å².